The Morgan fingerprint density at radius 3 is 2.88 bits per heavy atom. The third kappa shape index (κ3) is 2.66. The summed E-state index contributed by atoms with van der Waals surface area (Å²) in [6.45, 7) is 5.05. The molecular formula is C13H22N2O. The van der Waals surface area contributed by atoms with Crippen molar-refractivity contribution >= 4 is 0 Å². The van der Waals surface area contributed by atoms with E-state index in [4.69, 9.17) is 4.74 Å². The lowest BCUT2D eigenvalue weighted by atomic mass is 10.2. The Hall–Kier alpha value is -0.800. The molecule has 1 saturated heterocycles. The summed E-state index contributed by atoms with van der Waals surface area (Å²) in [4.78, 5) is 0. The second-order valence-corrected chi connectivity index (χ2v) is 4.49. The quantitative estimate of drug-likeness (QED) is 0.823. The minimum absolute atomic E-state index is 0.436. The average molecular weight is 222 g/mol. The molecule has 1 atom stereocenters. The number of aromatic nitrogens is 1. The van der Waals surface area contributed by atoms with Crippen LogP contribution in [0.1, 0.15) is 31.2 Å². The van der Waals surface area contributed by atoms with Gasteiger partial charge in [-0.2, -0.15) is 0 Å². The molecule has 0 saturated carbocycles. The lowest BCUT2D eigenvalue weighted by molar-refractivity contribution is 0.110. The Kier molecular flexibility index (Phi) is 4.02. The number of rotatable bonds is 5. The molecule has 1 N–H and O–H groups in total. The van der Waals surface area contributed by atoms with Crippen LogP contribution in [0.2, 0.25) is 0 Å². The van der Waals surface area contributed by atoms with Crippen LogP contribution in [0.5, 0.6) is 0 Å². The van der Waals surface area contributed by atoms with Crippen molar-refractivity contribution in [3.05, 3.63) is 23.5 Å². The van der Waals surface area contributed by atoms with Gasteiger partial charge in [0.2, 0.25) is 0 Å². The van der Waals surface area contributed by atoms with E-state index >= 15 is 0 Å². The fraction of sp³-hybridized carbons (Fsp3) is 0.692. The number of hydrogen-bond acceptors (Lipinski definition) is 2. The molecule has 0 aliphatic carbocycles. The lowest BCUT2D eigenvalue weighted by Gasteiger charge is -2.11. The van der Waals surface area contributed by atoms with E-state index < -0.39 is 0 Å². The average Bonchev–Trinajstić information content (AvgIpc) is 2.90. The van der Waals surface area contributed by atoms with Crippen molar-refractivity contribution in [3.8, 4) is 0 Å². The van der Waals surface area contributed by atoms with Gasteiger partial charge in [-0.3, -0.25) is 0 Å². The van der Waals surface area contributed by atoms with Gasteiger partial charge in [-0.15, -0.1) is 0 Å². The van der Waals surface area contributed by atoms with Gasteiger partial charge in [-0.1, -0.05) is 6.92 Å². The Bertz CT molecular complexity index is 327. The summed E-state index contributed by atoms with van der Waals surface area (Å²) >= 11 is 0. The van der Waals surface area contributed by atoms with Crippen LogP contribution >= 0.6 is 0 Å². The van der Waals surface area contributed by atoms with Gasteiger partial charge >= 0.3 is 0 Å². The topological polar surface area (TPSA) is 26.2 Å². The summed E-state index contributed by atoms with van der Waals surface area (Å²) in [5.74, 6) is 0. The van der Waals surface area contributed by atoms with Crippen molar-refractivity contribution in [2.24, 2.45) is 7.05 Å². The van der Waals surface area contributed by atoms with Crippen LogP contribution < -0.4 is 5.32 Å². The Morgan fingerprint density at radius 2 is 2.25 bits per heavy atom. The lowest BCUT2D eigenvalue weighted by Crippen LogP contribution is -2.26. The standard InChI is InChI=1S/C13H22N2O/c1-3-11-6-7-12(15(11)2)9-14-10-13-5-4-8-16-13/h6-7,13-14H,3-5,8-10H2,1-2H3. The molecular weight excluding hydrogens is 200 g/mol. The third-order valence-corrected chi connectivity index (χ3v) is 3.39. The zero-order chi connectivity index (χ0) is 11.4. The van der Waals surface area contributed by atoms with Crippen LogP contribution in [0.25, 0.3) is 0 Å². The van der Waals surface area contributed by atoms with Crippen LogP contribution in [0.15, 0.2) is 12.1 Å². The van der Waals surface area contributed by atoms with Crippen molar-refractivity contribution in [3.63, 3.8) is 0 Å². The second-order valence-electron chi connectivity index (χ2n) is 4.49. The summed E-state index contributed by atoms with van der Waals surface area (Å²) < 4.78 is 7.86. The van der Waals surface area contributed by atoms with E-state index in [1.54, 1.807) is 0 Å². The first kappa shape index (κ1) is 11.7. The maximum Gasteiger partial charge on any atom is 0.0700 e. The zero-order valence-electron chi connectivity index (χ0n) is 10.3. The van der Waals surface area contributed by atoms with Gasteiger partial charge in [-0.05, 0) is 31.4 Å². The van der Waals surface area contributed by atoms with Gasteiger partial charge in [0.05, 0.1) is 6.10 Å². The van der Waals surface area contributed by atoms with Crippen molar-refractivity contribution in [1.82, 2.24) is 9.88 Å². The maximum absolute atomic E-state index is 5.58. The van der Waals surface area contributed by atoms with E-state index in [2.05, 4.69) is 36.0 Å². The van der Waals surface area contributed by atoms with Gasteiger partial charge < -0.3 is 14.6 Å². The molecule has 1 unspecified atom stereocenters. The molecule has 90 valence electrons. The molecule has 2 heterocycles. The molecule has 3 heteroatoms. The second kappa shape index (κ2) is 5.51. The van der Waals surface area contributed by atoms with Crippen LogP contribution in [0.4, 0.5) is 0 Å². The number of aryl methyl sites for hydroxylation is 1. The van der Waals surface area contributed by atoms with E-state index in [0.717, 1.165) is 26.1 Å². The first-order valence-electron chi connectivity index (χ1n) is 6.27. The van der Waals surface area contributed by atoms with Crippen LogP contribution in [-0.2, 0) is 24.8 Å². The summed E-state index contributed by atoms with van der Waals surface area (Å²) in [6.07, 6.45) is 3.96. The zero-order valence-corrected chi connectivity index (χ0v) is 10.3. The summed E-state index contributed by atoms with van der Waals surface area (Å²) in [7, 11) is 2.14. The Labute approximate surface area is 97.8 Å². The van der Waals surface area contributed by atoms with Gasteiger partial charge in [0, 0.05) is 38.1 Å². The fourth-order valence-corrected chi connectivity index (χ4v) is 2.30. The van der Waals surface area contributed by atoms with Crippen LogP contribution in [0.3, 0.4) is 0 Å². The smallest absolute Gasteiger partial charge is 0.0700 e. The predicted octanol–water partition coefficient (Wildman–Crippen LogP) is 1.86. The highest BCUT2D eigenvalue weighted by Gasteiger charge is 2.14. The van der Waals surface area contributed by atoms with E-state index in [9.17, 15) is 0 Å². The monoisotopic (exact) mass is 222 g/mol. The first-order chi connectivity index (χ1) is 7.81. The summed E-state index contributed by atoms with van der Waals surface area (Å²) in [5.41, 5.74) is 2.75. The van der Waals surface area contributed by atoms with Crippen LogP contribution in [0, 0.1) is 0 Å². The van der Waals surface area contributed by atoms with Crippen LogP contribution in [-0.4, -0.2) is 23.8 Å². The maximum atomic E-state index is 5.58. The molecule has 16 heavy (non-hydrogen) atoms. The molecule has 2 rings (SSSR count). The van der Waals surface area contributed by atoms with Crippen molar-refractivity contribution in [2.45, 2.75) is 38.8 Å². The molecule has 3 nitrogen and oxygen atoms in total. The highest BCUT2D eigenvalue weighted by Crippen LogP contribution is 2.11. The van der Waals surface area contributed by atoms with Gasteiger partial charge in [0.1, 0.15) is 0 Å². The van der Waals surface area contributed by atoms with Crippen molar-refractivity contribution in [2.75, 3.05) is 13.2 Å². The molecule has 1 aliphatic rings. The fourth-order valence-electron chi connectivity index (χ4n) is 2.30. The number of hydrogen-bond donors (Lipinski definition) is 1. The summed E-state index contributed by atoms with van der Waals surface area (Å²) in [5, 5.41) is 3.48. The molecule has 0 aromatic carbocycles. The Morgan fingerprint density at radius 1 is 1.44 bits per heavy atom. The molecule has 1 aliphatic heterocycles. The summed E-state index contributed by atoms with van der Waals surface area (Å²) in [6, 6.07) is 4.42. The molecule has 0 amide bonds. The van der Waals surface area contributed by atoms with Gasteiger partial charge in [0.25, 0.3) is 0 Å². The molecule has 0 bridgehead atoms. The number of ether oxygens (including phenoxy) is 1. The van der Waals surface area contributed by atoms with E-state index in [1.165, 1.54) is 24.2 Å². The SMILES string of the molecule is CCc1ccc(CNCC2CCCO2)n1C. The van der Waals surface area contributed by atoms with Gasteiger partial charge in [-0.25, -0.2) is 0 Å². The normalized spacial score (nSPS) is 20.5. The van der Waals surface area contributed by atoms with Crippen molar-refractivity contribution < 1.29 is 4.74 Å². The van der Waals surface area contributed by atoms with E-state index in [0.29, 0.717) is 6.10 Å². The van der Waals surface area contributed by atoms with Gasteiger partial charge in [0.15, 0.2) is 0 Å². The predicted molar refractivity (Wildman–Crippen MR) is 65.5 cm³/mol. The molecule has 1 aromatic rings. The minimum Gasteiger partial charge on any atom is -0.377 e. The Balaban J connectivity index is 1.78. The van der Waals surface area contributed by atoms with E-state index in [-0.39, 0.29) is 0 Å². The van der Waals surface area contributed by atoms with E-state index in [1.807, 2.05) is 0 Å². The molecule has 0 spiro atoms. The number of nitrogens with one attached hydrogen (secondary N) is 1. The first-order valence-corrected chi connectivity index (χ1v) is 6.27. The molecule has 1 aromatic heterocycles. The molecule has 0 radical (unpaired) electrons. The molecule has 1 fully saturated rings. The highest BCUT2D eigenvalue weighted by atomic mass is 16.5. The minimum atomic E-state index is 0.436. The van der Waals surface area contributed by atoms with Crippen molar-refractivity contribution in [1.29, 1.82) is 0 Å². The third-order valence-electron chi connectivity index (χ3n) is 3.39. The number of nitrogens with zero attached hydrogens (tertiary/aromatic N) is 1. The highest BCUT2D eigenvalue weighted by molar-refractivity contribution is 5.15. The largest absolute Gasteiger partial charge is 0.377 e.